The molecule has 1 aliphatic rings. The smallest absolute Gasteiger partial charge is 0.263 e. The molecule has 6 aromatic carbocycles. The zero-order valence-corrected chi connectivity index (χ0v) is 31.0. The number of allylic oxidation sites excluding steroid dienone is 2. The van der Waals surface area contributed by atoms with E-state index in [1.54, 1.807) is 0 Å². The summed E-state index contributed by atoms with van der Waals surface area (Å²) in [5.74, 6) is 0. The van der Waals surface area contributed by atoms with Crippen molar-refractivity contribution < 1.29 is 4.57 Å². The molecule has 2 nitrogen and oxygen atoms in total. The van der Waals surface area contributed by atoms with Crippen molar-refractivity contribution in [3.8, 4) is 22.3 Å². The third-order valence-electron chi connectivity index (χ3n) is 9.62. The second kappa shape index (κ2) is 14.6. The van der Waals surface area contributed by atoms with Crippen molar-refractivity contribution in [3.63, 3.8) is 0 Å². The molecule has 0 atom stereocenters. The summed E-state index contributed by atoms with van der Waals surface area (Å²) in [6.07, 6.45) is 5.79. The highest BCUT2D eigenvalue weighted by molar-refractivity contribution is 8.03. The highest BCUT2D eigenvalue weighted by Gasteiger charge is 2.27. The molecule has 1 aromatic heterocycles. The minimum atomic E-state index is 0.819. The van der Waals surface area contributed by atoms with Crippen LogP contribution in [-0.2, 0) is 13.1 Å². The van der Waals surface area contributed by atoms with Gasteiger partial charge in [-0.1, -0.05) is 162 Å². The molecule has 0 bridgehead atoms. The molecule has 4 heteroatoms. The fourth-order valence-corrected chi connectivity index (χ4v) is 8.92. The largest absolute Gasteiger partial charge is 0.330 e. The Kier molecular flexibility index (Phi) is 9.45. The topological polar surface area (TPSA) is 7.12 Å². The molecule has 7 aromatic rings. The van der Waals surface area contributed by atoms with Gasteiger partial charge in [-0.3, -0.25) is 0 Å². The van der Waals surface area contributed by atoms with Crippen LogP contribution in [0.1, 0.15) is 40.6 Å². The van der Waals surface area contributed by atoms with Crippen LogP contribution in [0.2, 0.25) is 0 Å². The fraction of sp³-hybridized carbons (Fsp3) is 0.128. The van der Waals surface area contributed by atoms with Crippen LogP contribution in [0.3, 0.4) is 0 Å². The zero-order chi connectivity index (χ0) is 34.7. The van der Waals surface area contributed by atoms with Crippen molar-refractivity contribution >= 4 is 45.1 Å². The SMILES string of the molecule is CCC(=Cc1sc2ccc(-c3ccccc3)cc2[n+]1Cc1ccc(C)cc1)C=C1Sc2ccc(-c3ccccc3)cc2N1Cc1ccc(C)cc1. The van der Waals surface area contributed by atoms with Gasteiger partial charge >= 0.3 is 0 Å². The van der Waals surface area contributed by atoms with Crippen LogP contribution < -0.4 is 9.47 Å². The third kappa shape index (κ3) is 7.21. The highest BCUT2D eigenvalue weighted by atomic mass is 32.2. The lowest BCUT2D eigenvalue weighted by atomic mass is 10.0. The van der Waals surface area contributed by atoms with Crippen LogP contribution in [0.4, 0.5) is 5.69 Å². The van der Waals surface area contributed by atoms with Crippen LogP contribution >= 0.6 is 23.1 Å². The van der Waals surface area contributed by atoms with Gasteiger partial charge in [0.05, 0.1) is 10.7 Å². The number of hydrogen-bond acceptors (Lipinski definition) is 3. The molecule has 0 saturated heterocycles. The number of thioether (sulfide) groups is 1. The normalized spacial score (nSPS) is 13.7. The average Bonchev–Trinajstić information content (AvgIpc) is 3.69. The van der Waals surface area contributed by atoms with Gasteiger partial charge in [0.15, 0.2) is 6.54 Å². The summed E-state index contributed by atoms with van der Waals surface area (Å²) >= 11 is 3.76. The Morgan fingerprint density at radius 2 is 1.25 bits per heavy atom. The molecular formula is C47H41N2S2+. The summed E-state index contributed by atoms with van der Waals surface area (Å²) in [5, 5.41) is 2.53. The van der Waals surface area contributed by atoms with Crippen molar-refractivity contribution in [1.29, 1.82) is 0 Å². The quantitative estimate of drug-likeness (QED) is 0.139. The molecule has 0 N–H and O–H groups in total. The van der Waals surface area contributed by atoms with Crippen LogP contribution in [-0.4, -0.2) is 0 Å². The number of aromatic nitrogens is 1. The van der Waals surface area contributed by atoms with E-state index in [4.69, 9.17) is 0 Å². The summed E-state index contributed by atoms with van der Waals surface area (Å²) in [7, 11) is 0. The Labute approximate surface area is 310 Å². The lowest BCUT2D eigenvalue weighted by molar-refractivity contribution is -0.659. The van der Waals surface area contributed by atoms with Gasteiger partial charge in [-0.05, 0) is 77.9 Å². The molecule has 1 aliphatic heterocycles. The molecule has 2 heterocycles. The molecule has 0 spiro atoms. The lowest BCUT2D eigenvalue weighted by Crippen LogP contribution is -2.35. The van der Waals surface area contributed by atoms with Crippen molar-refractivity contribution in [2.24, 2.45) is 0 Å². The highest BCUT2D eigenvalue weighted by Crippen LogP contribution is 2.48. The number of aryl methyl sites for hydroxylation is 2. The van der Waals surface area contributed by atoms with E-state index < -0.39 is 0 Å². The summed E-state index contributed by atoms with van der Waals surface area (Å²) in [5.41, 5.74) is 14.0. The first-order valence-electron chi connectivity index (χ1n) is 17.7. The Bertz CT molecular complexity index is 2370. The molecule has 51 heavy (non-hydrogen) atoms. The predicted octanol–water partition coefficient (Wildman–Crippen LogP) is 12.6. The molecule has 0 unspecified atom stereocenters. The first kappa shape index (κ1) is 33.0. The van der Waals surface area contributed by atoms with Crippen LogP contribution in [0.5, 0.6) is 0 Å². The summed E-state index contributed by atoms with van der Waals surface area (Å²) in [6.45, 7) is 8.22. The molecule has 0 radical (unpaired) electrons. The number of benzene rings is 6. The van der Waals surface area contributed by atoms with Gasteiger partial charge in [0, 0.05) is 29.1 Å². The second-order valence-corrected chi connectivity index (χ2v) is 15.5. The number of fused-ring (bicyclic) bond motifs is 2. The Morgan fingerprint density at radius 3 is 1.90 bits per heavy atom. The predicted molar refractivity (Wildman–Crippen MR) is 219 cm³/mol. The van der Waals surface area contributed by atoms with Crippen LogP contribution in [0.15, 0.2) is 167 Å². The van der Waals surface area contributed by atoms with E-state index in [1.807, 2.05) is 23.1 Å². The lowest BCUT2D eigenvalue weighted by Gasteiger charge is -2.22. The first-order chi connectivity index (χ1) is 25.0. The Hall–Kier alpha value is -5.16. The first-order valence-corrected chi connectivity index (χ1v) is 19.3. The number of hydrogen-bond donors (Lipinski definition) is 0. The maximum atomic E-state index is 2.51. The van der Waals surface area contributed by atoms with E-state index in [0.29, 0.717) is 0 Å². The summed E-state index contributed by atoms with van der Waals surface area (Å²) < 4.78 is 3.81. The number of thiazole rings is 1. The number of anilines is 1. The molecule has 250 valence electrons. The molecule has 0 amide bonds. The van der Waals surface area contributed by atoms with Gasteiger partial charge < -0.3 is 4.90 Å². The molecular weight excluding hydrogens is 657 g/mol. The Balaban J connectivity index is 1.22. The van der Waals surface area contributed by atoms with Gasteiger partial charge in [-0.15, -0.1) is 0 Å². The summed E-state index contributed by atoms with van der Waals surface area (Å²) in [6, 6.07) is 53.2. The molecule has 0 saturated carbocycles. The number of rotatable bonds is 9. The van der Waals surface area contributed by atoms with Crippen LogP contribution in [0.25, 0.3) is 38.5 Å². The minimum Gasteiger partial charge on any atom is -0.330 e. The van der Waals surface area contributed by atoms with E-state index in [9.17, 15) is 0 Å². The van der Waals surface area contributed by atoms with Crippen molar-refractivity contribution in [2.45, 2.75) is 45.2 Å². The van der Waals surface area contributed by atoms with E-state index in [2.05, 4.69) is 188 Å². The van der Waals surface area contributed by atoms with Gasteiger partial charge in [-0.25, -0.2) is 0 Å². The third-order valence-corrected chi connectivity index (χ3v) is 11.8. The maximum absolute atomic E-state index is 2.51. The van der Waals surface area contributed by atoms with Gasteiger partial charge in [0.1, 0.15) is 4.70 Å². The fourth-order valence-electron chi connectivity index (χ4n) is 6.68. The van der Waals surface area contributed by atoms with E-state index in [0.717, 1.165) is 19.5 Å². The monoisotopic (exact) mass is 697 g/mol. The van der Waals surface area contributed by atoms with Crippen molar-refractivity contribution in [1.82, 2.24) is 0 Å². The average molecular weight is 698 g/mol. The standard InChI is InChI=1S/C47H41N2S2/c1-4-35(27-46-48(31-36-19-15-33(2)16-20-36)42-29-40(23-25-44(42)50-46)38-11-7-5-8-12-38)28-47-49(32-37-21-17-34(3)18-22-37)43-30-41(24-26-45(43)51-47)39-13-9-6-10-14-39/h5-30H,4,31-32H2,1-3H3/q+1. The maximum Gasteiger partial charge on any atom is 0.263 e. The number of nitrogens with zero attached hydrogens (tertiary/aromatic N) is 2. The molecule has 0 aliphatic carbocycles. The zero-order valence-electron chi connectivity index (χ0n) is 29.3. The van der Waals surface area contributed by atoms with Crippen molar-refractivity contribution in [3.05, 3.63) is 190 Å². The second-order valence-electron chi connectivity index (χ2n) is 13.3. The van der Waals surface area contributed by atoms with Crippen molar-refractivity contribution in [2.75, 3.05) is 4.90 Å². The van der Waals surface area contributed by atoms with Gasteiger partial charge in [0.25, 0.3) is 5.01 Å². The van der Waals surface area contributed by atoms with E-state index >= 15 is 0 Å². The molecule has 0 fully saturated rings. The minimum absolute atomic E-state index is 0.819. The van der Waals surface area contributed by atoms with Gasteiger partial charge in [0.2, 0.25) is 5.52 Å². The van der Waals surface area contributed by atoms with Crippen LogP contribution in [0, 0.1) is 13.8 Å². The van der Waals surface area contributed by atoms with E-state index in [1.165, 1.54) is 80.9 Å². The summed E-state index contributed by atoms with van der Waals surface area (Å²) in [4.78, 5) is 3.81. The van der Waals surface area contributed by atoms with Gasteiger partial charge in [-0.2, -0.15) is 4.57 Å². The molecule has 8 rings (SSSR count). The van der Waals surface area contributed by atoms with E-state index in [-0.39, 0.29) is 0 Å². The Morgan fingerprint density at radius 1 is 0.647 bits per heavy atom.